The van der Waals surface area contributed by atoms with Gasteiger partial charge in [0.1, 0.15) is 11.6 Å². The standard InChI is InChI=1S/C9H17N3O3/c1-9(2,3)15-8(14)11-6-4-5-12(10)7(6)13/h6H,4-5,10H2,1-3H3,(H,11,14)/t6-/m0/s1. The summed E-state index contributed by atoms with van der Waals surface area (Å²) in [6, 6.07) is -0.551. The van der Waals surface area contributed by atoms with Crippen LogP contribution in [0, 0.1) is 0 Å². The topological polar surface area (TPSA) is 84.7 Å². The van der Waals surface area contributed by atoms with Crippen molar-refractivity contribution < 1.29 is 14.3 Å². The Labute approximate surface area is 88.7 Å². The molecule has 0 aromatic rings. The van der Waals surface area contributed by atoms with Crippen LogP contribution in [0.25, 0.3) is 0 Å². The molecule has 1 aliphatic heterocycles. The minimum Gasteiger partial charge on any atom is -0.444 e. The van der Waals surface area contributed by atoms with Crippen molar-refractivity contribution in [1.82, 2.24) is 10.3 Å². The summed E-state index contributed by atoms with van der Waals surface area (Å²) in [5.41, 5.74) is -0.561. The van der Waals surface area contributed by atoms with Gasteiger partial charge in [-0.2, -0.15) is 0 Å². The summed E-state index contributed by atoms with van der Waals surface area (Å²) in [6.45, 7) is 5.74. The number of nitrogens with two attached hydrogens (primary N) is 1. The maximum Gasteiger partial charge on any atom is 0.408 e. The first-order chi connectivity index (χ1) is 6.79. The Kier molecular flexibility index (Phi) is 3.18. The van der Waals surface area contributed by atoms with Crippen molar-refractivity contribution in [2.45, 2.75) is 38.8 Å². The Balaban J connectivity index is 2.43. The van der Waals surface area contributed by atoms with Crippen molar-refractivity contribution in [2.75, 3.05) is 6.54 Å². The molecule has 0 radical (unpaired) electrons. The fourth-order valence-electron chi connectivity index (χ4n) is 1.29. The molecule has 1 aliphatic rings. The molecule has 1 saturated heterocycles. The lowest BCUT2D eigenvalue weighted by atomic mass is 10.2. The van der Waals surface area contributed by atoms with E-state index in [1.807, 2.05) is 0 Å². The van der Waals surface area contributed by atoms with Crippen LogP contribution in [0.5, 0.6) is 0 Å². The van der Waals surface area contributed by atoms with Crippen LogP contribution in [-0.2, 0) is 9.53 Å². The van der Waals surface area contributed by atoms with E-state index in [2.05, 4.69) is 5.32 Å². The Hall–Kier alpha value is -1.30. The van der Waals surface area contributed by atoms with Gasteiger partial charge in [-0.3, -0.25) is 9.80 Å². The van der Waals surface area contributed by atoms with E-state index >= 15 is 0 Å². The first-order valence-corrected chi connectivity index (χ1v) is 4.85. The van der Waals surface area contributed by atoms with Gasteiger partial charge in [0.25, 0.3) is 5.91 Å². The molecule has 0 bridgehead atoms. The minimum atomic E-state index is -0.587. The molecule has 86 valence electrons. The molecule has 1 rings (SSSR count). The quantitative estimate of drug-likeness (QED) is 0.476. The van der Waals surface area contributed by atoms with Crippen molar-refractivity contribution in [3.63, 3.8) is 0 Å². The molecule has 2 amide bonds. The van der Waals surface area contributed by atoms with Crippen LogP contribution in [0.15, 0.2) is 0 Å². The lowest BCUT2D eigenvalue weighted by Crippen LogP contribution is -2.45. The Morgan fingerprint density at radius 1 is 1.60 bits per heavy atom. The van der Waals surface area contributed by atoms with E-state index < -0.39 is 17.7 Å². The number of nitrogens with one attached hydrogen (secondary N) is 1. The number of nitrogens with zero attached hydrogens (tertiary/aromatic N) is 1. The highest BCUT2D eigenvalue weighted by atomic mass is 16.6. The van der Waals surface area contributed by atoms with Crippen LogP contribution < -0.4 is 11.2 Å². The smallest absolute Gasteiger partial charge is 0.408 e. The van der Waals surface area contributed by atoms with Gasteiger partial charge in [-0.05, 0) is 27.2 Å². The Morgan fingerprint density at radius 3 is 2.60 bits per heavy atom. The zero-order chi connectivity index (χ0) is 11.6. The number of hydrazine groups is 1. The van der Waals surface area contributed by atoms with E-state index in [9.17, 15) is 9.59 Å². The Bertz CT molecular complexity index is 272. The highest BCUT2D eigenvalue weighted by Gasteiger charge is 2.32. The molecule has 0 unspecified atom stereocenters. The number of ether oxygens (including phenoxy) is 1. The molecular weight excluding hydrogens is 198 g/mol. The largest absolute Gasteiger partial charge is 0.444 e. The van der Waals surface area contributed by atoms with Gasteiger partial charge in [0.2, 0.25) is 0 Å². The van der Waals surface area contributed by atoms with Crippen molar-refractivity contribution in [3.05, 3.63) is 0 Å². The van der Waals surface area contributed by atoms with E-state index in [1.165, 1.54) is 0 Å². The number of alkyl carbamates (subject to hydrolysis) is 1. The number of carbonyl (C=O) groups excluding carboxylic acids is 2. The van der Waals surface area contributed by atoms with Crippen molar-refractivity contribution in [3.8, 4) is 0 Å². The monoisotopic (exact) mass is 215 g/mol. The molecule has 6 heteroatoms. The molecule has 1 atom stereocenters. The maximum atomic E-state index is 11.3. The number of carbonyl (C=O) groups is 2. The summed E-state index contributed by atoms with van der Waals surface area (Å²) in [5.74, 6) is 5.09. The summed E-state index contributed by atoms with van der Waals surface area (Å²) in [4.78, 5) is 22.7. The van der Waals surface area contributed by atoms with Gasteiger partial charge in [-0.25, -0.2) is 10.6 Å². The molecule has 0 spiro atoms. The molecule has 1 heterocycles. The van der Waals surface area contributed by atoms with Gasteiger partial charge < -0.3 is 10.1 Å². The van der Waals surface area contributed by atoms with Crippen LogP contribution in [0.3, 0.4) is 0 Å². The molecule has 15 heavy (non-hydrogen) atoms. The molecular formula is C9H17N3O3. The van der Waals surface area contributed by atoms with Crippen molar-refractivity contribution in [1.29, 1.82) is 0 Å². The van der Waals surface area contributed by atoms with Crippen molar-refractivity contribution >= 4 is 12.0 Å². The predicted molar refractivity (Wildman–Crippen MR) is 53.7 cm³/mol. The number of hydrogen-bond donors (Lipinski definition) is 2. The second-order valence-electron chi connectivity index (χ2n) is 4.52. The van der Waals surface area contributed by atoms with Crippen LogP contribution in [0.2, 0.25) is 0 Å². The van der Waals surface area contributed by atoms with E-state index in [0.29, 0.717) is 13.0 Å². The Morgan fingerprint density at radius 2 is 2.20 bits per heavy atom. The second-order valence-corrected chi connectivity index (χ2v) is 4.52. The highest BCUT2D eigenvalue weighted by Crippen LogP contribution is 2.10. The van der Waals surface area contributed by atoms with Gasteiger partial charge in [-0.15, -0.1) is 0 Å². The van der Waals surface area contributed by atoms with Crippen molar-refractivity contribution in [2.24, 2.45) is 5.84 Å². The average molecular weight is 215 g/mol. The zero-order valence-corrected chi connectivity index (χ0v) is 9.24. The van der Waals surface area contributed by atoms with Gasteiger partial charge in [0.05, 0.1) is 0 Å². The summed E-state index contributed by atoms with van der Waals surface area (Å²) in [6.07, 6.45) is -0.0645. The summed E-state index contributed by atoms with van der Waals surface area (Å²) in [5, 5.41) is 3.58. The molecule has 0 aliphatic carbocycles. The zero-order valence-electron chi connectivity index (χ0n) is 9.24. The van der Waals surface area contributed by atoms with Gasteiger partial charge >= 0.3 is 6.09 Å². The normalized spacial score (nSPS) is 21.7. The predicted octanol–water partition coefficient (Wildman–Crippen LogP) is -0.0143. The third kappa shape index (κ3) is 3.39. The molecule has 1 fully saturated rings. The highest BCUT2D eigenvalue weighted by molar-refractivity contribution is 5.87. The third-order valence-electron chi connectivity index (χ3n) is 1.93. The number of hydrogen-bond acceptors (Lipinski definition) is 4. The van der Waals surface area contributed by atoms with Gasteiger partial charge in [0.15, 0.2) is 0 Å². The van der Waals surface area contributed by atoms with Crippen LogP contribution in [0.4, 0.5) is 4.79 Å². The maximum absolute atomic E-state index is 11.3. The van der Waals surface area contributed by atoms with E-state index in [4.69, 9.17) is 10.6 Å². The number of rotatable bonds is 1. The summed E-state index contributed by atoms with van der Waals surface area (Å²) >= 11 is 0. The SMILES string of the molecule is CC(C)(C)OC(=O)N[C@H]1CCN(N)C1=O. The first-order valence-electron chi connectivity index (χ1n) is 4.85. The number of amides is 2. The molecule has 3 N–H and O–H groups in total. The first kappa shape index (κ1) is 11.8. The average Bonchev–Trinajstić information content (AvgIpc) is 2.32. The third-order valence-corrected chi connectivity index (χ3v) is 1.93. The van der Waals surface area contributed by atoms with E-state index in [-0.39, 0.29) is 5.91 Å². The minimum absolute atomic E-state index is 0.277. The fourth-order valence-corrected chi connectivity index (χ4v) is 1.29. The molecule has 6 nitrogen and oxygen atoms in total. The van der Waals surface area contributed by atoms with Gasteiger partial charge in [-0.1, -0.05) is 0 Å². The lowest BCUT2D eigenvalue weighted by molar-refractivity contribution is -0.129. The van der Waals surface area contributed by atoms with Crippen LogP contribution in [-0.4, -0.2) is 35.2 Å². The summed E-state index contributed by atoms with van der Waals surface area (Å²) in [7, 11) is 0. The molecule has 0 aromatic heterocycles. The molecule has 0 aromatic carbocycles. The molecule has 0 saturated carbocycles. The second kappa shape index (κ2) is 4.06. The summed E-state index contributed by atoms with van der Waals surface area (Å²) < 4.78 is 5.02. The van der Waals surface area contributed by atoms with Crippen LogP contribution in [0.1, 0.15) is 27.2 Å². The fraction of sp³-hybridized carbons (Fsp3) is 0.778. The van der Waals surface area contributed by atoms with Crippen LogP contribution >= 0.6 is 0 Å². The van der Waals surface area contributed by atoms with E-state index in [0.717, 1.165) is 5.01 Å². The lowest BCUT2D eigenvalue weighted by Gasteiger charge is -2.21. The van der Waals surface area contributed by atoms with E-state index in [1.54, 1.807) is 20.8 Å². The van der Waals surface area contributed by atoms with Gasteiger partial charge in [0, 0.05) is 6.54 Å².